The molecule has 1 aliphatic rings. The van der Waals surface area contributed by atoms with Gasteiger partial charge in [0.1, 0.15) is 5.82 Å². The Balaban J connectivity index is 1.79. The van der Waals surface area contributed by atoms with Gasteiger partial charge in [0.15, 0.2) is 0 Å². The number of aromatic nitrogens is 2. The molecule has 1 atom stereocenters. The fourth-order valence-electron chi connectivity index (χ4n) is 3.16. The Kier molecular flexibility index (Phi) is 4.51. The first kappa shape index (κ1) is 14.9. The molecule has 0 spiro atoms. The van der Waals surface area contributed by atoms with Crippen LogP contribution in [0, 0.1) is 6.92 Å². The van der Waals surface area contributed by atoms with Crippen molar-refractivity contribution in [2.75, 3.05) is 6.61 Å². The minimum Gasteiger partial charge on any atom is -0.376 e. The number of rotatable bonds is 5. The largest absolute Gasteiger partial charge is 0.376 e. The van der Waals surface area contributed by atoms with E-state index < -0.39 is 0 Å². The third-order valence-electron chi connectivity index (χ3n) is 4.26. The second-order valence-corrected chi connectivity index (χ2v) is 6.66. The van der Waals surface area contributed by atoms with E-state index in [1.54, 1.807) is 0 Å². The van der Waals surface area contributed by atoms with E-state index in [1.165, 1.54) is 31.2 Å². The highest BCUT2D eigenvalue weighted by molar-refractivity contribution is 6.20. The van der Waals surface area contributed by atoms with Gasteiger partial charge < -0.3 is 9.30 Å². The molecule has 4 heteroatoms. The van der Waals surface area contributed by atoms with Gasteiger partial charge in [-0.15, -0.1) is 11.6 Å². The predicted molar refractivity (Wildman–Crippen MR) is 86.9 cm³/mol. The molecule has 0 N–H and O–H groups in total. The fourth-order valence-corrected chi connectivity index (χ4v) is 3.33. The number of alkyl halides is 1. The van der Waals surface area contributed by atoms with Crippen molar-refractivity contribution in [2.45, 2.75) is 57.6 Å². The average molecular weight is 307 g/mol. The van der Waals surface area contributed by atoms with Gasteiger partial charge in [0.05, 0.1) is 29.1 Å². The summed E-state index contributed by atoms with van der Waals surface area (Å²) in [7, 11) is 0. The molecule has 21 heavy (non-hydrogen) atoms. The maximum absolute atomic E-state index is 6.30. The maximum atomic E-state index is 6.30. The number of hydrogen-bond donors (Lipinski definition) is 0. The summed E-state index contributed by atoms with van der Waals surface area (Å²) in [6.45, 7) is 5.62. The minimum atomic E-state index is -0.0933. The third-order valence-corrected chi connectivity index (χ3v) is 4.45. The molecule has 1 fully saturated rings. The molecule has 0 bridgehead atoms. The molecule has 3 rings (SSSR count). The Hall–Kier alpha value is -1.06. The number of ether oxygens (including phenoxy) is 1. The molecular weight excluding hydrogens is 284 g/mol. The van der Waals surface area contributed by atoms with E-state index in [9.17, 15) is 0 Å². The first-order chi connectivity index (χ1) is 10.1. The van der Waals surface area contributed by atoms with Gasteiger partial charge in [0.25, 0.3) is 0 Å². The van der Waals surface area contributed by atoms with E-state index in [-0.39, 0.29) is 5.38 Å². The highest BCUT2D eigenvalue weighted by Gasteiger charge is 2.17. The first-order valence-corrected chi connectivity index (χ1v) is 8.31. The van der Waals surface area contributed by atoms with Crippen molar-refractivity contribution in [3.63, 3.8) is 0 Å². The van der Waals surface area contributed by atoms with Gasteiger partial charge in [-0.25, -0.2) is 4.98 Å². The zero-order chi connectivity index (χ0) is 14.8. The Morgan fingerprint density at radius 2 is 2.14 bits per heavy atom. The van der Waals surface area contributed by atoms with Crippen LogP contribution in [0.15, 0.2) is 18.2 Å². The first-order valence-electron chi connectivity index (χ1n) is 7.87. The number of hydrogen-bond acceptors (Lipinski definition) is 2. The summed E-state index contributed by atoms with van der Waals surface area (Å²) in [6, 6.07) is 6.38. The number of nitrogens with zero attached hydrogens (tertiary/aromatic N) is 2. The normalized spacial score (nSPS) is 17.7. The van der Waals surface area contributed by atoms with Gasteiger partial charge in [-0.05, 0) is 44.4 Å². The maximum Gasteiger partial charge on any atom is 0.127 e. The van der Waals surface area contributed by atoms with E-state index in [1.807, 2.05) is 6.92 Å². The van der Waals surface area contributed by atoms with Crippen LogP contribution in [0.5, 0.6) is 0 Å². The van der Waals surface area contributed by atoms with Crippen LogP contribution in [0.2, 0.25) is 0 Å². The Bertz CT molecular complexity index is 615. The van der Waals surface area contributed by atoms with Crippen LogP contribution in [-0.2, 0) is 11.3 Å². The predicted octanol–water partition coefficient (Wildman–Crippen LogP) is 4.60. The number of fused-ring (bicyclic) bond motifs is 1. The number of halogens is 1. The van der Waals surface area contributed by atoms with Gasteiger partial charge >= 0.3 is 0 Å². The van der Waals surface area contributed by atoms with E-state index in [2.05, 4.69) is 29.7 Å². The highest BCUT2D eigenvalue weighted by atomic mass is 35.5. The van der Waals surface area contributed by atoms with Crippen LogP contribution >= 0.6 is 11.6 Å². The molecule has 1 aromatic heterocycles. The second kappa shape index (κ2) is 6.37. The minimum absolute atomic E-state index is 0.0933. The van der Waals surface area contributed by atoms with Gasteiger partial charge in [-0.1, -0.05) is 18.9 Å². The van der Waals surface area contributed by atoms with E-state index in [0.29, 0.717) is 6.10 Å². The Morgan fingerprint density at radius 1 is 1.38 bits per heavy atom. The summed E-state index contributed by atoms with van der Waals surface area (Å²) >= 11 is 6.30. The van der Waals surface area contributed by atoms with Crippen molar-refractivity contribution >= 4 is 22.6 Å². The molecule has 0 amide bonds. The summed E-state index contributed by atoms with van der Waals surface area (Å²) in [5.41, 5.74) is 3.40. The van der Waals surface area contributed by atoms with Crippen molar-refractivity contribution in [2.24, 2.45) is 0 Å². The third kappa shape index (κ3) is 3.24. The molecule has 0 aliphatic heterocycles. The van der Waals surface area contributed by atoms with Crippen LogP contribution in [0.4, 0.5) is 0 Å². The summed E-state index contributed by atoms with van der Waals surface area (Å²) in [4.78, 5) is 4.70. The summed E-state index contributed by atoms with van der Waals surface area (Å²) in [5.74, 6) is 0.937. The average Bonchev–Trinajstić information content (AvgIpc) is 3.06. The number of imidazole rings is 1. The van der Waals surface area contributed by atoms with Crippen molar-refractivity contribution in [3.05, 3.63) is 29.6 Å². The molecule has 1 unspecified atom stereocenters. The molecule has 1 aliphatic carbocycles. The molecule has 3 nitrogen and oxygen atoms in total. The summed E-state index contributed by atoms with van der Waals surface area (Å²) in [5, 5.41) is -0.0933. The summed E-state index contributed by atoms with van der Waals surface area (Å²) < 4.78 is 8.20. The smallest absolute Gasteiger partial charge is 0.127 e. The van der Waals surface area contributed by atoms with Crippen molar-refractivity contribution in [1.29, 1.82) is 0 Å². The SMILES string of the molecule is Cc1ccc2c(c1)nc(C(C)Cl)n2CCOC1CCCC1. The monoisotopic (exact) mass is 306 g/mol. The second-order valence-electron chi connectivity index (χ2n) is 6.01. The topological polar surface area (TPSA) is 27.1 Å². The van der Waals surface area contributed by atoms with Gasteiger partial charge in [-0.3, -0.25) is 0 Å². The summed E-state index contributed by atoms with van der Waals surface area (Å²) in [6.07, 6.45) is 5.49. The lowest BCUT2D eigenvalue weighted by molar-refractivity contribution is 0.0531. The molecule has 1 aromatic carbocycles. The van der Waals surface area contributed by atoms with Crippen LogP contribution < -0.4 is 0 Å². The molecule has 1 saturated carbocycles. The highest BCUT2D eigenvalue weighted by Crippen LogP contribution is 2.26. The lowest BCUT2D eigenvalue weighted by atomic mass is 10.2. The molecule has 0 radical (unpaired) electrons. The van der Waals surface area contributed by atoms with E-state index in [4.69, 9.17) is 21.3 Å². The quantitative estimate of drug-likeness (QED) is 0.755. The van der Waals surface area contributed by atoms with Gasteiger partial charge in [-0.2, -0.15) is 0 Å². The lowest BCUT2D eigenvalue weighted by Crippen LogP contribution is -2.14. The Morgan fingerprint density at radius 3 is 2.86 bits per heavy atom. The van der Waals surface area contributed by atoms with Crippen LogP contribution in [0.25, 0.3) is 11.0 Å². The fraction of sp³-hybridized carbons (Fsp3) is 0.588. The number of aryl methyl sites for hydroxylation is 1. The Labute approximate surface area is 131 Å². The molecule has 114 valence electrons. The van der Waals surface area contributed by atoms with Crippen molar-refractivity contribution in [1.82, 2.24) is 9.55 Å². The van der Waals surface area contributed by atoms with Gasteiger partial charge in [0.2, 0.25) is 0 Å². The van der Waals surface area contributed by atoms with E-state index in [0.717, 1.165) is 30.0 Å². The standard InChI is InChI=1S/C17H23ClN2O/c1-12-7-8-16-15(11-12)19-17(13(2)18)20(16)9-10-21-14-5-3-4-6-14/h7-8,11,13-14H,3-6,9-10H2,1-2H3. The van der Waals surface area contributed by atoms with Crippen molar-refractivity contribution in [3.8, 4) is 0 Å². The lowest BCUT2D eigenvalue weighted by Gasteiger charge is -2.14. The zero-order valence-electron chi connectivity index (χ0n) is 12.8. The molecule has 0 saturated heterocycles. The zero-order valence-corrected chi connectivity index (χ0v) is 13.6. The van der Waals surface area contributed by atoms with Crippen LogP contribution in [-0.4, -0.2) is 22.3 Å². The molecule has 1 heterocycles. The van der Waals surface area contributed by atoms with E-state index >= 15 is 0 Å². The van der Waals surface area contributed by atoms with Crippen LogP contribution in [0.1, 0.15) is 49.4 Å². The number of benzene rings is 1. The van der Waals surface area contributed by atoms with Crippen molar-refractivity contribution < 1.29 is 4.74 Å². The van der Waals surface area contributed by atoms with Gasteiger partial charge in [0, 0.05) is 6.54 Å². The molecule has 2 aromatic rings. The molecular formula is C17H23ClN2O. The van der Waals surface area contributed by atoms with Crippen LogP contribution in [0.3, 0.4) is 0 Å².